The van der Waals surface area contributed by atoms with Gasteiger partial charge in [0.2, 0.25) is 5.89 Å². The van der Waals surface area contributed by atoms with Crippen LogP contribution in [0.4, 0.5) is 0 Å². The molecule has 0 unspecified atom stereocenters. The molecule has 0 spiro atoms. The van der Waals surface area contributed by atoms with Crippen molar-refractivity contribution in [3.05, 3.63) is 54.0 Å². The lowest BCUT2D eigenvalue weighted by Gasteiger charge is -2.01. The van der Waals surface area contributed by atoms with Crippen LogP contribution in [-0.2, 0) is 0 Å². The van der Waals surface area contributed by atoms with Gasteiger partial charge in [-0.15, -0.1) is 0 Å². The van der Waals surface area contributed by atoms with Crippen LogP contribution in [0.15, 0.2) is 62.9 Å². The zero-order chi connectivity index (χ0) is 16.6. The molecule has 5 rings (SSSR count). The highest BCUT2D eigenvalue weighted by molar-refractivity contribution is 7.08. The smallest absolute Gasteiger partial charge is 0.228 e. The van der Waals surface area contributed by atoms with Crippen molar-refractivity contribution in [3.63, 3.8) is 0 Å². The van der Waals surface area contributed by atoms with E-state index in [-0.39, 0.29) is 0 Å². The van der Waals surface area contributed by atoms with Crippen LogP contribution >= 0.6 is 11.3 Å². The molecular weight excluding hydrogens is 338 g/mol. The molecule has 0 atom stereocenters. The third-order valence-corrected chi connectivity index (χ3v) is 4.57. The van der Waals surface area contributed by atoms with Gasteiger partial charge in [0.1, 0.15) is 18.2 Å². The minimum atomic E-state index is 0.488. The normalized spacial score (nSPS) is 11.2. The monoisotopic (exact) mass is 349 g/mol. The van der Waals surface area contributed by atoms with Gasteiger partial charge in [-0.1, -0.05) is 5.16 Å². The van der Waals surface area contributed by atoms with Crippen molar-refractivity contribution < 1.29 is 8.94 Å². The Labute approximate surface area is 145 Å². The Morgan fingerprint density at radius 3 is 2.68 bits per heavy atom. The minimum Gasteiger partial charge on any atom is -0.444 e. The van der Waals surface area contributed by atoms with Crippen molar-refractivity contribution in [2.24, 2.45) is 0 Å². The van der Waals surface area contributed by atoms with Crippen LogP contribution in [0.3, 0.4) is 0 Å². The van der Waals surface area contributed by atoms with Crippen molar-refractivity contribution in [1.82, 2.24) is 25.1 Å². The molecule has 7 nitrogen and oxygen atoms in total. The summed E-state index contributed by atoms with van der Waals surface area (Å²) in [5.41, 5.74) is 5.09. The molecule has 5 aromatic heterocycles. The summed E-state index contributed by atoms with van der Waals surface area (Å²) in [6.07, 6.45) is 8.19. The van der Waals surface area contributed by atoms with E-state index in [2.05, 4.69) is 30.5 Å². The second-order valence-corrected chi connectivity index (χ2v) is 6.08. The molecule has 0 aliphatic rings. The maximum Gasteiger partial charge on any atom is 0.228 e. The first kappa shape index (κ1) is 14.0. The maximum absolute atomic E-state index is 5.60. The third-order valence-electron chi connectivity index (χ3n) is 3.89. The number of rotatable bonds is 4. The molecule has 0 aliphatic carbocycles. The predicted molar refractivity (Wildman–Crippen MR) is 92.7 cm³/mol. The van der Waals surface area contributed by atoms with Gasteiger partial charge in [-0.2, -0.15) is 11.3 Å². The highest BCUT2D eigenvalue weighted by Crippen LogP contribution is 2.44. The zero-order valence-corrected chi connectivity index (χ0v) is 13.6. The van der Waals surface area contributed by atoms with Gasteiger partial charge in [0, 0.05) is 35.0 Å². The van der Waals surface area contributed by atoms with E-state index in [1.54, 1.807) is 42.5 Å². The number of H-pyrrole nitrogens is 2. The third kappa shape index (κ3) is 2.23. The van der Waals surface area contributed by atoms with Gasteiger partial charge in [-0.25, -0.2) is 9.97 Å². The Morgan fingerprint density at radius 2 is 2.00 bits per heavy atom. The summed E-state index contributed by atoms with van der Waals surface area (Å²) in [5.74, 6) is 1.18. The summed E-state index contributed by atoms with van der Waals surface area (Å²) >= 11 is 1.62. The largest absolute Gasteiger partial charge is 0.444 e. The first-order valence-electron chi connectivity index (χ1n) is 7.50. The Kier molecular flexibility index (Phi) is 3.14. The van der Waals surface area contributed by atoms with E-state index in [0.717, 1.165) is 28.1 Å². The quantitative estimate of drug-likeness (QED) is 0.500. The standard InChI is InChI=1S/C17H11N5O2S/c1-6-24-22-11(1)12-13(17-20-5-7-23-17)15(16-18-3-4-19-16)21-14(12)10-2-8-25-9-10/h1-9,21H,(H,18,19). The Hall–Kier alpha value is -3.39. The highest BCUT2D eigenvalue weighted by atomic mass is 32.1. The fraction of sp³-hybridized carbons (Fsp3) is 0. The zero-order valence-electron chi connectivity index (χ0n) is 12.8. The average molecular weight is 349 g/mol. The number of nitrogens with one attached hydrogen (secondary N) is 2. The summed E-state index contributed by atoms with van der Waals surface area (Å²) in [5, 5.41) is 8.23. The summed E-state index contributed by atoms with van der Waals surface area (Å²) in [6.45, 7) is 0. The molecule has 2 N–H and O–H groups in total. The molecule has 0 aliphatic heterocycles. The second-order valence-electron chi connectivity index (χ2n) is 5.30. The number of aromatic nitrogens is 5. The van der Waals surface area contributed by atoms with Gasteiger partial charge in [-0.05, 0) is 11.4 Å². The van der Waals surface area contributed by atoms with Gasteiger partial charge in [-0.3, -0.25) is 0 Å². The van der Waals surface area contributed by atoms with Crippen molar-refractivity contribution in [2.75, 3.05) is 0 Å². The summed E-state index contributed by atoms with van der Waals surface area (Å²) in [7, 11) is 0. The molecule has 8 heteroatoms. The number of aromatic amines is 2. The molecule has 0 saturated heterocycles. The summed E-state index contributed by atoms with van der Waals surface area (Å²) in [4.78, 5) is 15.3. The molecule has 0 fully saturated rings. The first-order valence-corrected chi connectivity index (χ1v) is 8.45. The molecule has 0 bridgehead atoms. The molecule has 0 radical (unpaired) electrons. The van der Waals surface area contributed by atoms with Crippen LogP contribution in [0, 0.1) is 0 Å². The number of imidazole rings is 1. The fourth-order valence-corrected chi connectivity index (χ4v) is 3.51. The van der Waals surface area contributed by atoms with E-state index < -0.39 is 0 Å². The van der Waals surface area contributed by atoms with Crippen LogP contribution in [0.2, 0.25) is 0 Å². The van der Waals surface area contributed by atoms with Crippen molar-refractivity contribution in [1.29, 1.82) is 0 Å². The van der Waals surface area contributed by atoms with Gasteiger partial charge in [0.05, 0.1) is 23.1 Å². The van der Waals surface area contributed by atoms with Crippen LogP contribution in [0.5, 0.6) is 0 Å². The second kappa shape index (κ2) is 5.60. The Morgan fingerprint density at radius 1 is 1.00 bits per heavy atom. The fourth-order valence-electron chi connectivity index (χ4n) is 2.86. The van der Waals surface area contributed by atoms with E-state index in [0.29, 0.717) is 17.4 Å². The van der Waals surface area contributed by atoms with E-state index in [1.165, 1.54) is 0 Å². The lowest BCUT2D eigenvalue weighted by atomic mass is 10.0. The number of hydrogen-bond acceptors (Lipinski definition) is 6. The van der Waals surface area contributed by atoms with Crippen molar-refractivity contribution >= 4 is 11.3 Å². The van der Waals surface area contributed by atoms with Crippen molar-refractivity contribution in [2.45, 2.75) is 0 Å². The summed E-state index contributed by atoms with van der Waals surface area (Å²) < 4.78 is 10.7. The molecule has 5 aromatic rings. The molecular formula is C17H11N5O2S. The number of oxazole rings is 1. The van der Waals surface area contributed by atoms with Gasteiger partial charge in [0.25, 0.3) is 0 Å². The predicted octanol–water partition coefficient (Wildman–Crippen LogP) is 4.44. The van der Waals surface area contributed by atoms with Crippen LogP contribution in [-0.4, -0.2) is 25.1 Å². The SMILES string of the molecule is c1c[nH]c(-c2[nH]c(-c3ccsc3)c(-c3ccon3)c2-c2ncco2)n1. The lowest BCUT2D eigenvalue weighted by molar-refractivity contribution is 0.422. The number of hydrogen-bond donors (Lipinski definition) is 2. The topological polar surface area (TPSA) is 96.5 Å². The Bertz CT molecular complexity index is 988. The van der Waals surface area contributed by atoms with Crippen LogP contribution in [0.25, 0.3) is 45.5 Å². The van der Waals surface area contributed by atoms with E-state index in [9.17, 15) is 0 Å². The van der Waals surface area contributed by atoms with Crippen LogP contribution in [0.1, 0.15) is 0 Å². The minimum absolute atomic E-state index is 0.488. The van der Waals surface area contributed by atoms with E-state index in [4.69, 9.17) is 8.94 Å². The maximum atomic E-state index is 5.60. The summed E-state index contributed by atoms with van der Waals surface area (Å²) in [6, 6.07) is 3.86. The Balaban J connectivity index is 1.88. The van der Waals surface area contributed by atoms with Crippen molar-refractivity contribution in [3.8, 4) is 45.5 Å². The number of thiophene rings is 1. The molecule has 0 aromatic carbocycles. The van der Waals surface area contributed by atoms with Gasteiger partial charge < -0.3 is 18.9 Å². The molecule has 0 saturated carbocycles. The molecule has 5 heterocycles. The highest BCUT2D eigenvalue weighted by Gasteiger charge is 2.27. The van der Waals surface area contributed by atoms with Crippen LogP contribution < -0.4 is 0 Å². The van der Waals surface area contributed by atoms with Gasteiger partial charge >= 0.3 is 0 Å². The first-order chi connectivity index (χ1) is 12.4. The lowest BCUT2D eigenvalue weighted by Crippen LogP contribution is -1.86. The molecule has 122 valence electrons. The molecule has 0 amide bonds. The van der Waals surface area contributed by atoms with E-state index >= 15 is 0 Å². The molecule has 25 heavy (non-hydrogen) atoms. The average Bonchev–Trinajstić information content (AvgIpc) is 3.48. The van der Waals surface area contributed by atoms with Gasteiger partial charge in [0.15, 0.2) is 5.82 Å². The van der Waals surface area contributed by atoms with E-state index in [1.807, 2.05) is 17.5 Å². The number of nitrogens with zero attached hydrogens (tertiary/aromatic N) is 3.